The fraction of sp³-hybridized carbons (Fsp3) is 0.625. The van der Waals surface area contributed by atoms with Gasteiger partial charge < -0.3 is 5.32 Å². The molecule has 1 aromatic rings. The molecule has 2 unspecified atom stereocenters. The molecular formula is C16H24ClFN2. The van der Waals surface area contributed by atoms with Crippen molar-refractivity contribution in [2.24, 2.45) is 0 Å². The van der Waals surface area contributed by atoms with E-state index >= 15 is 0 Å². The van der Waals surface area contributed by atoms with Gasteiger partial charge in [0, 0.05) is 31.7 Å². The molecule has 0 radical (unpaired) electrons. The lowest BCUT2D eigenvalue weighted by atomic mass is 10.0. The molecule has 2 rings (SSSR count). The molecule has 0 bridgehead atoms. The Labute approximate surface area is 126 Å². The van der Waals surface area contributed by atoms with Gasteiger partial charge in [0.2, 0.25) is 0 Å². The maximum Gasteiger partial charge on any atom is 0.142 e. The number of halogens is 2. The van der Waals surface area contributed by atoms with Crippen LogP contribution in [0.4, 0.5) is 4.39 Å². The van der Waals surface area contributed by atoms with Crippen LogP contribution in [0.15, 0.2) is 18.2 Å². The quantitative estimate of drug-likeness (QED) is 0.889. The van der Waals surface area contributed by atoms with Crippen molar-refractivity contribution in [3.8, 4) is 0 Å². The summed E-state index contributed by atoms with van der Waals surface area (Å²) in [5.41, 5.74) is 0.891. The Morgan fingerprint density at radius 2 is 2.20 bits per heavy atom. The first-order chi connectivity index (χ1) is 9.65. The highest BCUT2D eigenvalue weighted by atomic mass is 35.5. The average Bonchev–Trinajstić information content (AvgIpc) is 2.45. The smallest absolute Gasteiger partial charge is 0.142 e. The number of hydrogen-bond donors (Lipinski definition) is 1. The minimum atomic E-state index is -0.322. The predicted octanol–water partition coefficient (Wildman–Crippen LogP) is 3.83. The summed E-state index contributed by atoms with van der Waals surface area (Å²) in [4.78, 5) is 2.44. The molecule has 2 nitrogen and oxygen atoms in total. The second kappa shape index (κ2) is 7.39. The molecule has 0 saturated carbocycles. The van der Waals surface area contributed by atoms with Gasteiger partial charge in [-0.15, -0.1) is 0 Å². The Hall–Kier alpha value is -0.640. The Bertz CT molecular complexity index is 438. The first-order valence-corrected chi connectivity index (χ1v) is 7.93. The monoisotopic (exact) mass is 298 g/mol. The van der Waals surface area contributed by atoms with Crippen molar-refractivity contribution in [3.05, 3.63) is 34.6 Å². The molecule has 0 amide bonds. The number of nitrogens with zero attached hydrogens (tertiary/aromatic N) is 1. The van der Waals surface area contributed by atoms with E-state index in [2.05, 4.69) is 24.1 Å². The molecule has 1 aromatic carbocycles. The Kier molecular flexibility index (Phi) is 5.82. The van der Waals surface area contributed by atoms with Gasteiger partial charge in [-0.25, -0.2) is 4.39 Å². The highest BCUT2D eigenvalue weighted by Crippen LogP contribution is 2.23. The van der Waals surface area contributed by atoms with Crippen LogP contribution in [0.25, 0.3) is 0 Å². The molecule has 0 aromatic heterocycles. The van der Waals surface area contributed by atoms with E-state index in [-0.39, 0.29) is 10.8 Å². The van der Waals surface area contributed by atoms with Gasteiger partial charge in [0.05, 0.1) is 5.02 Å². The fourth-order valence-electron chi connectivity index (χ4n) is 2.96. The molecule has 1 N–H and O–H groups in total. The Morgan fingerprint density at radius 1 is 1.40 bits per heavy atom. The van der Waals surface area contributed by atoms with E-state index in [4.69, 9.17) is 11.6 Å². The van der Waals surface area contributed by atoms with E-state index in [1.807, 2.05) is 6.07 Å². The van der Waals surface area contributed by atoms with Gasteiger partial charge in [-0.1, -0.05) is 44.0 Å². The third kappa shape index (κ3) is 3.72. The van der Waals surface area contributed by atoms with Gasteiger partial charge in [0.15, 0.2) is 0 Å². The molecule has 0 aliphatic carbocycles. The maximum atomic E-state index is 13.5. The van der Waals surface area contributed by atoms with Crippen LogP contribution in [0.5, 0.6) is 0 Å². The minimum Gasteiger partial charge on any atom is -0.311 e. The summed E-state index contributed by atoms with van der Waals surface area (Å²) in [6.45, 7) is 7.17. The topological polar surface area (TPSA) is 15.3 Å². The van der Waals surface area contributed by atoms with Crippen molar-refractivity contribution < 1.29 is 4.39 Å². The zero-order chi connectivity index (χ0) is 14.5. The van der Waals surface area contributed by atoms with Crippen LogP contribution in [0.1, 0.15) is 38.7 Å². The zero-order valence-electron chi connectivity index (χ0n) is 12.3. The molecule has 2 atom stereocenters. The largest absolute Gasteiger partial charge is 0.311 e. The van der Waals surface area contributed by atoms with Crippen LogP contribution >= 0.6 is 11.6 Å². The molecular weight excluding hydrogens is 275 g/mol. The minimum absolute atomic E-state index is 0.271. The summed E-state index contributed by atoms with van der Waals surface area (Å²) in [6.07, 6.45) is 3.46. The number of rotatable bonds is 5. The van der Waals surface area contributed by atoms with Crippen LogP contribution in [0.2, 0.25) is 5.02 Å². The van der Waals surface area contributed by atoms with E-state index in [9.17, 15) is 4.39 Å². The summed E-state index contributed by atoms with van der Waals surface area (Å²) in [7, 11) is 0. The van der Waals surface area contributed by atoms with E-state index in [0.29, 0.717) is 12.1 Å². The first kappa shape index (κ1) is 15.7. The molecule has 1 saturated heterocycles. The molecule has 1 aliphatic rings. The fourth-order valence-corrected chi connectivity index (χ4v) is 3.14. The number of benzene rings is 1. The lowest BCUT2D eigenvalue weighted by Crippen LogP contribution is -2.55. The van der Waals surface area contributed by atoms with Crippen molar-refractivity contribution >= 4 is 11.6 Å². The first-order valence-electron chi connectivity index (χ1n) is 7.56. The maximum absolute atomic E-state index is 13.5. The second-order valence-corrected chi connectivity index (χ2v) is 5.98. The summed E-state index contributed by atoms with van der Waals surface area (Å²) >= 11 is 6.08. The molecule has 1 aliphatic heterocycles. The van der Waals surface area contributed by atoms with Gasteiger partial charge in [0.1, 0.15) is 5.82 Å². The number of nitrogens with one attached hydrogen (secondary N) is 1. The van der Waals surface area contributed by atoms with Crippen molar-refractivity contribution in [2.75, 3.05) is 13.1 Å². The summed E-state index contributed by atoms with van der Waals surface area (Å²) in [5, 5.41) is 3.89. The van der Waals surface area contributed by atoms with E-state index < -0.39 is 0 Å². The van der Waals surface area contributed by atoms with Crippen LogP contribution in [0.3, 0.4) is 0 Å². The van der Waals surface area contributed by atoms with Gasteiger partial charge in [-0.05, 0) is 24.5 Å². The molecule has 112 valence electrons. The average molecular weight is 299 g/mol. The Balaban J connectivity index is 2.09. The van der Waals surface area contributed by atoms with Crippen LogP contribution in [-0.2, 0) is 6.54 Å². The van der Waals surface area contributed by atoms with Crippen molar-refractivity contribution in [3.63, 3.8) is 0 Å². The summed E-state index contributed by atoms with van der Waals surface area (Å²) in [6, 6.07) is 6.12. The standard InChI is InChI=1S/C16H24ClFN2/c1-3-6-13-11-20(14(4-2)9-19-13)10-12-7-5-8-15(18)16(12)17/h5,7-8,13-14,19H,3-4,6,9-11H2,1-2H3. The SMILES string of the molecule is CCCC1CN(Cc2cccc(F)c2Cl)C(CC)CN1. The predicted molar refractivity (Wildman–Crippen MR) is 82.6 cm³/mol. The van der Waals surface area contributed by atoms with Crippen molar-refractivity contribution in [1.29, 1.82) is 0 Å². The normalized spacial score (nSPS) is 24.0. The van der Waals surface area contributed by atoms with Crippen LogP contribution in [0, 0.1) is 5.82 Å². The van der Waals surface area contributed by atoms with Crippen LogP contribution in [-0.4, -0.2) is 30.1 Å². The summed E-state index contributed by atoms with van der Waals surface area (Å²) < 4.78 is 13.5. The second-order valence-electron chi connectivity index (χ2n) is 5.60. The van der Waals surface area contributed by atoms with Gasteiger partial charge >= 0.3 is 0 Å². The molecule has 0 spiro atoms. The highest BCUT2D eigenvalue weighted by molar-refractivity contribution is 6.31. The lowest BCUT2D eigenvalue weighted by molar-refractivity contribution is 0.115. The zero-order valence-corrected chi connectivity index (χ0v) is 13.1. The number of piperazine rings is 1. The van der Waals surface area contributed by atoms with Gasteiger partial charge in [-0.2, -0.15) is 0 Å². The third-order valence-corrected chi connectivity index (χ3v) is 4.55. The van der Waals surface area contributed by atoms with E-state index in [0.717, 1.165) is 31.6 Å². The van der Waals surface area contributed by atoms with Gasteiger partial charge in [-0.3, -0.25) is 4.90 Å². The number of hydrogen-bond acceptors (Lipinski definition) is 2. The lowest BCUT2D eigenvalue weighted by Gasteiger charge is -2.40. The van der Waals surface area contributed by atoms with E-state index in [1.165, 1.54) is 18.9 Å². The molecule has 20 heavy (non-hydrogen) atoms. The molecule has 1 heterocycles. The summed E-state index contributed by atoms with van der Waals surface area (Å²) in [5.74, 6) is -0.322. The molecule has 1 fully saturated rings. The van der Waals surface area contributed by atoms with Crippen LogP contribution < -0.4 is 5.32 Å². The van der Waals surface area contributed by atoms with Gasteiger partial charge in [0.25, 0.3) is 0 Å². The third-order valence-electron chi connectivity index (χ3n) is 4.13. The molecule has 4 heteroatoms. The van der Waals surface area contributed by atoms with Crippen molar-refractivity contribution in [2.45, 2.75) is 51.7 Å². The Morgan fingerprint density at radius 3 is 2.90 bits per heavy atom. The van der Waals surface area contributed by atoms with Crippen molar-refractivity contribution in [1.82, 2.24) is 10.2 Å². The highest BCUT2D eigenvalue weighted by Gasteiger charge is 2.26. The van der Waals surface area contributed by atoms with E-state index in [1.54, 1.807) is 6.07 Å².